The quantitative estimate of drug-likeness (QED) is 0.667. The predicted molar refractivity (Wildman–Crippen MR) is 97.1 cm³/mol. The lowest BCUT2D eigenvalue weighted by Gasteiger charge is -2.18. The summed E-state index contributed by atoms with van der Waals surface area (Å²) >= 11 is 1.75. The maximum Gasteiger partial charge on any atom is 0.270 e. The number of nitrogens with zero attached hydrogens (tertiary/aromatic N) is 2. The lowest BCUT2D eigenvalue weighted by Crippen LogP contribution is -2.28. The molecule has 0 aliphatic carbocycles. The molecule has 0 aliphatic rings. The van der Waals surface area contributed by atoms with Gasteiger partial charge in [0.15, 0.2) is 0 Å². The van der Waals surface area contributed by atoms with E-state index in [9.17, 15) is 4.79 Å². The van der Waals surface area contributed by atoms with Crippen LogP contribution in [0.4, 0.5) is 0 Å². The molecule has 0 radical (unpaired) electrons. The minimum absolute atomic E-state index is 0.0864. The Morgan fingerprint density at radius 3 is 2.65 bits per heavy atom. The van der Waals surface area contributed by atoms with Crippen LogP contribution in [0.5, 0.6) is 0 Å². The Morgan fingerprint density at radius 1 is 1.22 bits per heavy atom. The molecule has 3 aromatic rings. The molecule has 0 N–H and O–H groups in total. The molecule has 23 heavy (non-hydrogen) atoms. The largest absolute Gasteiger partial charge is 0.336 e. The van der Waals surface area contributed by atoms with Crippen LogP contribution in [0.25, 0.3) is 10.2 Å². The van der Waals surface area contributed by atoms with Crippen LogP contribution in [0, 0.1) is 6.92 Å². The van der Waals surface area contributed by atoms with Crippen molar-refractivity contribution >= 4 is 27.5 Å². The Hall–Kier alpha value is -2.07. The third-order valence-electron chi connectivity index (χ3n) is 3.99. The zero-order valence-corrected chi connectivity index (χ0v) is 14.7. The minimum atomic E-state index is 0.0864. The first-order valence-electron chi connectivity index (χ1n) is 7.99. The van der Waals surface area contributed by atoms with E-state index in [1.54, 1.807) is 16.2 Å². The fourth-order valence-corrected chi connectivity index (χ4v) is 3.89. The maximum atomic E-state index is 12.9. The third kappa shape index (κ3) is 3.17. The van der Waals surface area contributed by atoms with Crippen LogP contribution in [0.3, 0.4) is 0 Å². The van der Waals surface area contributed by atoms with E-state index in [4.69, 9.17) is 0 Å². The second-order valence-electron chi connectivity index (χ2n) is 5.93. The van der Waals surface area contributed by atoms with Gasteiger partial charge in [-0.05, 0) is 31.0 Å². The third-order valence-corrected chi connectivity index (χ3v) is 4.98. The van der Waals surface area contributed by atoms with Gasteiger partial charge in [0.2, 0.25) is 0 Å². The lowest BCUT2D eigenvalue weighted by atomic mass is 10.2. The summed E-state index contributed by atoms with van der Waals surface area (Å²) in [6.07, 6.45) is 1.02. The van der Waals surface area contributed by atoms with E-state index < -0.39 is 0 Å². The number of carbonyl (C=O) groups is 1. The van der Waals surface area contributed by atoms with Crippen LogP contribution < -0.4 is 0 Å². The number of thiophene rings is 1. The van der Waals surface area contributed by atoms with Gasteiger partial charge in [-0.2, -0.15) is 0 Å². The monoisotopic (exact) mass is 326 g/mol. The number of hydrogen-bond acceptors (Lipinski definition) is 2. The van der Waals surface area contributed by atoms with E-state index in [2.05, 4.69) is 36.6 Å². The van der Waals surface area contributed by atoms with Crippen molar-refractivity contribution in [3.63, 3.8) is 0 Å². The van der Waals surface area contributed by atoms with Gasteiger partial charge in [0.25, 0.3) is 5.91 Å². The lowest BCUT2D eigenvalue weighted by molar-refractivity contribution is 0.0774. The fourth-order valence-electron chi connectivity index (χ4n) is 2.93. The first-order valence-corrected chi connectivity index (χ1v) is 8.81. The van der Waals surface area contributed by atoms with Gasteiger partial charge in [-0.1, -0.05) is 37.3 Å². The zero-order chi connectivity index (χ0) is 16.4. The topological polar surface area (TPSA) is 25.2 Å². The molecule has 2 aromatic heterocycles. The number of benzene rings is 1. The van der Waals surface area contributed by atoms with E-state index in [-0.39, 0.29) is 5.91 Å². The van der Waals surface area contributed by atoms with Crippen LogP contribution in [0.1, 0.15) is 34.3 Å². The number of hydrogen-bond donors (Lipinski definition) is 0. The summed E-state index contributed by atoms with van der Waals surface area (Å²) in [6, 6.07) is 14.3. The van der Waals surface area contributed by atoms with Gasteiger partial charge in [0, 0.05) is 25.0 Å². The Labute approximate surface area is 141 Å². The van der Waals surface area contributed by atoms with Crippen molar-refractivity contribution in [1.29, 1.82) is 0 Å². The molecule has 4 heteroatoms. The number of aryl methyl sites for hydroxylation is 2. The Balaban J connectivity index is 1.90. The van der Waals surface area contributed by atoms with Crippen LogP contribution in [-0.4, -0.2) is 22.4 Å². The average molecular weight is 326 g/mol. The zero-order valence-electron chi connectivity index (χ0n) is 13.9. The highest BCUT2D eigenvalue weighted by atomic mass is 32.1. The molecule has 0 spiro atoms. The Morgan fingerprint density at radius 2 is 1.96 bits per heavy atom. The van der Waals surface area contributed by atoms with E-state index in [0.717, 1.165) is 24.2 Å². The first kappa shape index (κ1) is 15.8. The summed E-state index contributed by atoms with van der Waals surface area (Å²) in [7, 11) is 1.87. The molecule has 0 unspecified atom stereocenters. The number of rotatable bonds is 5. The summed E-state index contributed by atoms with van der Waals surface area (Å²) in [5, 5.41) is 0. The second-order valence-corrected chi connectivity index (χ2v) is 7.22. The van der Waals surface area contributed by atoms with Gasteiger partial charge < -0.3 is 9.47 Å². The van der Waals surface area contributed by atoms with Gasteiger partial charge in [-0.15, -0.1) is 11.3 Å². The van der Waals surface area contributed by atoms with Crippen LogP contribution >= 0.6 is 11.3 Å². The maximum absolute atomic E-state index is 12.9. The molecule has 0 fully saturated rings. The van der Waals surface area contributed by atoms with Gasteiger partial charge in [0.1, 0.15) is 5.69 Å². The number of aromatic nitrogens is 1. The van der Waals surface area contributed by atoms with Crippen LogP contribution in [0.15, 0.2) is 42.5 Å². The minimum Gasteiger partial charge on any atom is -0.336 e. The van der Waals surface area contributed by atoms with E-state index in [0.29, 0.717) is 6.54 Å². The molecular weight excluding hydrogens is 304 g/mol. The van der Waals surface area contributed by atoms with Gasteiger partial charge in [0.05, 0.1) is 10.2 Å². The Bertz CT molecular complexity index is 817. The average Bonchev–Trinajstić information content (AvgIpc) is 3.05. The highest BCUT2D eigenvalue weighted by Crippen LogP contribution is 2.29. The first-order chi connectivity index (χ1) is 11.1. The summed E-state index contributed by atoms with van der Waals surface area (Å²) < 4.78 is 3.37. The van der Waals surface area contributed by atoms with Crippen molar-refractivity contribution < 1.29 is 4.79 Å². The molecule has 0 saturated carbocycles. The standard InChI is InChI=1S/C19H22N2OS/c1-4-10-21-16-11-14(2)23-18(16)12-17(21)19(22)20(3)13-15-8-6-5-7-9-15/h5-9,11-12H,4,10,13H2,1-3H3. The van der Waals surface area contributed by atoms with Crippen molar-refractivity contribution in [3.8, 4) is 0 Å². The highest BCUT2D eigenvalue weighted by Gasteiger charge is 2.20. The smallest absolute Gasteiger partial charge is 0.270 e. The summed E-state index contributed by atoms with van der Waals surface area (Å²) in [6.45, 7) is 5.76. The molecule has 3 rings (SSSR count). The molecule has 1 amide bonds. The van der Waals surface area contributed by atoms with E-state index in [1.807, 2.05) is 31.3 Å². The second kappa shape index (κ2) is 6.59. The van der Waals surface area contributed by atoms with E-state index >= 15 is 0 Å². The van der Waals surface area contributed by atoms with E-state index in [1.165, 1.54) is 15.1 Å². The molecule has 0 bridgehead atoms. The number of amides is 1. The summed E-state index contributed by atoms with van der Waals surface area (Å²) in [5.41, 5.74) is 3.13. The molecule has 120 valence electrons. The number of fused-ring (bicyclic) bond motifs is 1. The molecule has 0 aliphatic heterocycles. The molecule has 2 heterocycles. The number of carbonyl (C=O) groups excluding carboxylic acids is 1. The molecule has 0 saturated heterocycles. The highest BCUT2D eigenvalue weighted by molar-refractivity contribution is 7.19. The summed E-state index contributed by atoms with van der Waals surface area (Å²) in [4.78, 5) is 16.0. The van der Waals surface area contributed by atoms with Crippen LogP contribution in [0.2, 0.25) is 0 Å². The van der Waals surface area contributed by atoms with Gasteiger partial charge >= 0.3 is 0 Å². The van der Waals surface area contributed by atoms with Crippen molar-refractivity contribution in [2.75, 3.05) is 7.05 Å². The summed E-state index contributed by atoms with van der Waals surface area (Å²) in [5.74, 6) is 0.0864. The van der Waals surface area contributed by atoms with Crippen molar-refractivity contribution in [2.45, 2.75) is 33.4 Å². The van der Waals surface area contributed by atoms with Crippen molar-refractivity contribution in [1.82, 2.24) is 9.47 Å². The SMILES string of the molecule is CCCn1c(C(=O)N(C)Cc2ccccc2)cc2sc(C)cc21. The molecule has 3 nitrogen and oxygen atoms in total. The fraction of sp³-hybridized carbons (Fsp3) is 0.316. The molecule has 1 aromatic carbocycles. The van der Waals surface area contributed by atoms with Gasteiger partial charge in [-0.25, -0.2) is 0 Å². The predicted octanol–water partition coefficient (Wildman–Crippen LogP) is 4.69. The van der Waals surface area contributed by atoms with Gasteiger partial charge in [-0.3, -0.25) is 4.79 Å². The molecule has 0 atom stereocenters. The van der Waals surface area contributed by atoms with Crippen molar-refractivity contribution in [2.24, 2.45) is 0 Å². The normalized spacial score (nSPS) is 11.1. The molecular formula is C19H22N2OS. The Kier molecular flexibility index (Phi) is 4.53. The van der Waals surface area contributed by atoms with Crippen molar-refractivity contribution in [3.05, 3.63) is 58.6 Å². The van der Waals surface area contributed by atoms with Crippen LogP contribution in [-0.2, 0) is 13.1 Å².